The van der Waals surface area contributed by atoms with E-state index in [1.165, 1.54) is 0 Å². The Hall–Kier alpha value is -3.71. The first-order chi connectivity index (χ1) is 24.4. The predicted octanol–water partition coefficient (Wildman–Crippen LogP) is 4.09. The molecule has 7 rings (SSSR count). The van der Waals surface area contributed by atoms with E-state index in [0.29, 0.717) is 44.3 Å². The van der Waals surface area contributed by atoms with Crippen molar-refractivity contribution < 1.29 is 32.3 Å². The maximum absolute atomic E-state index is 14.3. The predicted molar refractivity (Wildman–Crippen MR) is 194 cm³/mol. The fraction of sp³-hybridized carbons (Fsp3) is 0.632. The quantitative estimate of drug-likeness (QED) is 0.404. The normalized spacial score (nSPS) is 31.8. The van der Waals surface area contributed by atoms with Gasteiger partial charge in [0.2, 0.25) is 27.7 Å². The van der Waals surface area contributed by atoms with Crippen LogP contribution in [0, 0.1) is 17.8 Å². The highest BCUT2D eigenvalue weighted by Gasteiger charge is 2.63. The van der Waals surface area contributed by atoms with Crippen LogP contribution in [0.15, 0.2) is 42.6 Å². The molecule has 2 aliphatic carbocycles. The van der Waals surface area contributed by atoms with Crippen molar-refractivity contribution in [2.45, 2.75) is 101 Å². The van der Waals surface area contributed by atoms with E-state index in [1.54, 1.807) is 11.8 Å². The van der Waals surface area contributed by atoms with Gasteiger partial charge in [-0.15, -0.1) is 0 Å². The van der Waals surface area contributed by atoms with Crippen LogP contribution in [0.25, 0.3) is 10.8 Å². The van der Waals surface area contributed by atoms with E-state index in [0.717, 1.165) is 55.2 Å². The number of allylic oxidation sites excluding steroid dienone is 1. The summed E-state index contributed by atoms with van der Waals surface area (Å²) in [5.74, 6) is -0.684. The van der Waals surface area contributed by atoms with Crippen LogP contribution in [0.1, 0.15) is 78.6 Å². The first kappa shape index (κ1) is 35.7. The summed E-state index contributed by atoms with van der Waals surface area (Å²) in [4.78, 5) is 50.8. The van der Waals surface area contributed by atoms with Gasteiger partial charge in [-0.25, -0.2) is 13.4 Å². The van der Waals surface area contributed by atoms with Crippen LogP contribution in [-0.2, 0) is 29.1 Å². The van der Waals surface area contributed by atoms with Crippen molar-refractivity contribution in [3.63, 3.8) is 0 Å². The van der Waals surface area contributed by atoms with Gasteiger partial charge in [-0.3, -0.25) is 19.1 Å². The molecule has 3 amide bonds. The van der Waals surface area contributed by atoms with E-state index in [-0.39, 0.29) is 37.1 Å². The van der Waals surface area contributed by atoms with E-state index in [2.05, 4.69) is 28.8 Å². The molecule has 0 radical (unpaired) electrons. The summed E-state index contributed by atoms with van der Waals surface area (Å²) in [6.07, 6.45) is 10.5. The van der Waals surface area contributed by atoms with Gasteiger partial charge >= 0.3 is 0 Å². The Morgan fingerprint density at radius 2 is 1.88 bits per heavy atom. The number of anilines is 1. The highest BCUT2D eigenvalue weighted by atomic mass is 32.2. The number of fused-ring (bicyclic) bond motifs is 3. The lowest BCUT2D eigenvalue weighted by Crippen LogP contribution is -2.57. The zero-order valence-corrected chi connectivity index (χ0v) is 30.8. The molecule has 4 fully saturated rings. The number of benzene rings is 1. The van der Waals surface area contributed by atoms with Crippen molar-refractivity contribution >= 4 is 44.2 Å². The van der Waals surface area contributed by atoms with Crippen LogP contribution >= 0.6 is 0 Å². The van der Waals surface area contributed by atoms with Gasteiger partial charge in [-0.2, -0.15) is 0 Å². The number of carbonyl (C=O) groups excluding carboxylic acids is 3. The zero-order chi connectivity index (χ0) is 36.0. The van der Waals surface area contributed by atoms with Crippen molar-refractivity contribution in [3.8, 4) is 5.88 Å². The van der Waals surface area contributed by atoms with Crippen LogP contribution in [0.3, 0.4) is 0 Å². The van der Waals surface area contributed by atoms with E-state index < -0.39 is 44.3 Å². The number of sulfonamides is 1. The van der Waals surface area contributed by atoms with Gasteiger partial charge < -0.3 is 24.6 Å². The molecule has 276 valence electrons. The third-order valence-electron chi connectivity index (χ3n) is 11.8. The molecule has 5 aliphatic rings. The number of hydrogen-bond donors (Lipinski definition) is 2. The summed E-state index contributed by atoms with van der Waals surface area (Å²) in [6.45, 7) is 8.95. The van der Waals surface area contributed by atoms with Crippen LogP contribution in [0.2, 0.25) is 0 Å². The first-order valence-electron chi connectivity index (χ1n) is 18.6. The number of amides is 3. The number of aromatic nitrogens is 1. The average molecular weight is 722 g/mol. The number of pyridine rings is 1. The van der Waals surface area contributed by atoms with E-state index in [1.807, 2.05) is 42.6 Å². The summed E-state index contributed by atoms with van der Waals surface area (Å²) in [5, 5.41) is 4.81. The molecular formula is C38H51N5O7S. The molecule has 2 saturated heterocycles. The van der Waals surface area contributed by atoms with Crippen molar-refractivity contribution in [3.05, 3.63) is 42.6 Å². The fourth-order valence-corrected chi connectivity index (χ4v) is 9.33. The molecule has 51 heavy (non-hydrogen) atoms. The summed E-state index contributed by atoms with van der Waals surface area (Å²) in [6, 6.07) is 7.05. The molecule has 1 aromatic heterocycles. The van der Waals surface area contributed by atoms with E-state index >= 15 is 0 Å². The minimum atomic E-state index is -3.92. The second kappa shape index (κ2) is 14.0. The molecule has 13 heteroatoms. The van der Waals surface area contributed by atoms with Crippen LogP contribution in [-0.4, -0.2) is 91.3 Å². The maximum Gasteiger partial charge on any atom is 0.259 e. The third-order valence-corrected chi connectivity index (χ3v) is 14.0. The molecule has 3 aliphatic heterocycles. The van der Waals surface area contributed by atoms with Gasteiger partial charge in [0.1, 0.15) is 17.7 Å². The number of nitrogens with zero attached hydrogens (tertiary/aromatic N) is 3. The fourth-order valence-electron chi connectivity index (χ4n) is 8.02. The maximum atomic E-state index is 14.3. The van der Waals surface area contributed by atoms with Crippen LogP contribution in [0.4, 0.5) is 5.69 Å². The molecule has 1 aromatic carbocycles. The Balaban J connectivity index is 1.17. The Labute approximate surface area is 300 Å². The molecule has 0 unspecified atom stereocenters. The first-order valence-corrected chi connectivity index (χ1v) is 20.1. The third kappa shape index (κ3) is 7.20. The summed E-state index contributed by atoms with van der Waals surface area (Å²) in [7, 11) is -3.92. The van der Waals surface area contributed by atoms with E-state index in [9.17, 15) is 22.8 Å². The van der Waals surface area contributed by atoms with Gasteiger partial charge in [0.15, 0.2) is 0 Å². The van der Waals surface area contributed by atoms with Gasteiger partial charge in [-0.05, 0) is 63.4 Å². The van der Waals surface area contributed by atoms with Crippen LogP contribution in [0.5, 0.6) is 5.88 Å². The lowest BCUT2D eigenvalue weighted by Gasteiger charge is -2.30. The molecule has 12 nitrogen and oxygen atoms in total. The highest BCUT2D eigenvalue weighted by Crippen LogP contribution is 2.47. The molecule has 6 atom stereocenters. The van der Waals surface area contributed by atoms with Gasteiger partial charge in [0.25, 0.3) is 5.91 Å². The molecule has 2 aromatic rings. The van der Waals surface area contributed by atoms with Gasteiger partial charge in [0.05, 0.1) is 36.4 Å². The molecule has 2 N–H and O–H groups in total. The standard InChI is InChI=1S/C38H51N5O7S/c1-4-26-19-25(2)9-5-6-10-27-22-38(27,36(46)41-51(47,48)37(3)13-14-37)40-34(45)31-21-28(24-43(31)33(44)20-26)50-35-30-12-8-7-11-29(30)32(23-39-35)42-15-17-49-18-16-42/h6-8,10-12,23,25-28,31H,4-5,9,13-22,24H2,1-3H3,(H,40,45)(H,41,46)/b10-6-/t25-,26+,27+,28+,31-,38+/m0/s1. The molecule has 2 saturated carbocycles. The number of carbonyl (C=O) groups is 3. The number of nitrogens with one attached hydrogen (secondary N) is 2. The lowest BCUT2D eigenvalue weighted by molar-refractivity contribution is -0.140. The molecule has 0 spiro atoms. The number of rotatable bonds is 7. The van der Waals surface area contributed by atoms with Crippen molar-refractivity contribution in [2.75, 3.05) is 37.7 Å². The summed E-state index contributed by atoms with van der Waals surface area (Å²) >= 11 is 0. The lowest BCUT2D eigenvalue weighted by atomic mass is 9.88. The van der Waals surface area contributed by atoms with Crippen molar-refractivity contribution in [2.24, 2.45) is 17.8 Å². The molecule has 4 heterocycles. The summed E-state index contributed by atoms with van der Waals surface area (Å²) < 4.78 is 39.7. The van der Waals surface area contributed by atoms with Gasteiger partial charge in [0, 0.05) is 42.6 Å². The SMILES string of the molecule is CC[C@H]1CC(=O)N2C[C@H](Oc3ncc(N4CCOCC4)c4ccccc34)C[C@H]2C(=O)N[C@]2(C(=O)NS(=O)(=O)C3(C)CC3)C[C@H]2/C=C\CC[C@H](C)C1. The molecular weight excluding hydrogens is 671 g/mol. The topological polar surface area (TPSA) is 147 Å². The second-order valence-electron chi connectivity index (χ2n) is 15.6. The zero-order valence-electron chi connectivity index (χ0n) is 29.9. The smallest absolute Gasteiger partial charge is 0.259 e. The van der Waals surface area contributed by atoms with E-state index in [4.69, 9.17) is 14.5 Å². The minimum absolute atomic E-state index is 0.121. The van der Waals surface area contributed by atoms with Crippen molar-refractivity contribution in [1.82, 2.24) is 19.9 Å². The summed E-state index contributed by atoms with van der Waals surface area (Å²) in [5.41, 5.74) is -0.409. The van der Waals surface area contributed by atoms with Gasteiger partial charge in [-0.1, -0.05) is 50.6 Å². The highest BCUT2D eigenvalue weighted by molar-refractivity contribution is 7.91. The minimum Gasteiger partial charge on any atom is -0.472 e. The number of morpholine rings is 1. The average Bonchev–Trinajstić information content (AvgIpc) is 4.00. The Kier molecular flexibility index (Phi) is 9.81. The van der Waals surface area contributed by atoms with Crippen LogP contribution < -0.4 is 19.7 Å². The Morgan fingerprint density at radius 3 is 2.61 bits per heavy atom. The Bertz CT molecular complexity index is 1810. The number of hydrogen-bond acceptors (Lipinski definition) is 9. The van der Waals surface area contributed by atoms with Crippen molar-refractivity contribution in [1.29, 1.82) is 0 Å². The Morgan fingerprint density at radius 1 is 1.14 bits per heavy atom. The largest absolute Gasteiger partial charge is 0.472 e. The second-order valence-corrected chi connectivity index (χ2v) is 17.8. The monoisotopic (exact) mass is 721 g/mol. The number of ether oxygens (including phenoxy) is 2. The molecule has 0 bridgehead atoms.